The number of hydrogen-bond acceptors (Lipinski definition) is 0. The van der Waals surface area contributed by atoms with Gasteiger partial charge in [0.25, 0.3) is 0 Å². The average Bonchev–Trinajstić information content (AvgIpc) is 0. The van der Waals surface area contributed by atoms with Crippen LogP contribution in [0.15, 0.2) is 0 Å². The van der Waals surface area contributed by atoms with Gasteiger partial charge < -0.3 is 68.4 Å². The average molecular weight is 519 g/mol. The third kappa shape index (κ3) is 464. The third-order valence-corrected chi connectivity index (χ3v) is 0. The van der Waals surface area contributed by atoms with Gasteiger partial charge in [0.15, 0.2) is 0 Å². The maximum Gasteiger partial charge on any atom is 4.00 e. The Kier molecular flexibility index (Phi) is 15700. The van der Waals surface area contributed by atoms with Crippen LogP contribution in [0.5, 0.6) is 0 Å². The van der Waals surface area contributed by atoms with Crippen molar-refractivity contribution in [3.05, 3.63) is 24.6 Å². The standard InChI is InChI=1S/4N.8O.7Ti/q4*-3;8*-2;7*+4. The van der Waals surface area contributed by atoms with Crippen molar-refractivity contribution in [3.63, 3.8) is 0 Å². The topological polar surface area (TPSA) is 350 Å². The molecule has 12 nitrogen and oxygen atoms in total. The predicted molar refractivity (Wildman–Crippen MR) is 18.9 cm³/mol. The molecule has 0 spiro atoms. The fourth-order valence-corrected chi connectivity index (χ4v) is 0. The summed E-state index contributed by atoms with van der Waals surface area (Å²) in [4.78, 5) is 0. The van der Waals surface area contributed by atoms with Gasteiger partial charge in [0, 0.05) is 0 Å². The van der Waals surface area contributed by atoms with Gasteiger partial charge in [0.1, 0.15) is 0 Å². The summed E-state index contributed by atoms with van der Waals surface area (Å²) in [6.45, 7) is 0. The molecule has 0 aliphatic heterocycles. The zero-order chi connectivity index (χ0) is 0. The van der Waals surface area contributed by atoms with Gasteiger partial charge in [-0.25, -0.2) is 0 Å². The Bertz CT molecular complexity index is 29.1. The van der Waals surface area contributed by atoms with Crippen molar-refractivity contribution in [2.24, 2.45) is 0 Å². The van der Waals surface area contributed by atoms with Gasteiger partial charge in [-0.3, -0.25) is 0 Å². The van der Waals surface area contributed by atoms with Gasteiger partial charge in [-0.15, -0.1) is 0 Å². The summed E-state index contributed by atoms with van der Waals surface area (Å²) < 4.78 is 0. The van der Waals surface area contributed by atoms with Gasteiger partial charge in [-0.05, 0) is 0 Å². The van der Waals surface area contributed by atoms with Crippen molar-refractivity contribution in [1.29, 1.82) is 0 Å². The van der Waals surface area contributed by atoms with Crippen molar-refractivity contribution in [1.82, 2.24) is 0 Å². The Morgan fingerprint density at radius 1 is 0.158 bits per heavy atom. The molecule has 96 valence electrons. The minimum atomic E-state index is 0. The third-order valence-electron chi connectivity index (χ3n) is 0. The number of hydrogen-bond donors (Lipinski definition) is 0. The Morgan fingerprint density at radius 2 is 0.158 bits per heavy atom. The van der Waals surface area contributed by atoms with Crippen LogP contribution < -0.4 is 0 Å². The van der Waals surface area contributed by atoms with Crippen LogP contribution in [0.3, 0.4) is 0 Å². The number of nitrogens with zero attached hydrogens (tertiary/aromatic N) is 4. The summed E-state index contributed by atoms with van der Waals surface area (Å²) >= 11 is 0. The van der Waals surface area contributed by atoms with E-state index in [4.69, 9.17) is 0 Å². The number of rotatable bonds is 0. The molecular weight excluding hydrogens is 519 g/mol. The summed E-state index contributed by atoms with van der Waals surface area (Å²) in [5.41, 5.74) is 0. The molecule has 0 saturated carbocycles. The van der Waals surface area contributed by atoms with Crippen molar-refractivity contribution < 1.29 is 196 Å². The summed E-state index contributed by atoms with van der Waals surface area (Å²) in [7, 11) is 0. The molecule has 0 rings (SSSR count). The van der Waals surface area contributed by atoms with E-state index in [1.165, 1.54) is 0 Å². The van der Waals surface area contributed by atoms with E-state index >= 15 is 0 Å². The second-order valence-corrected chi connectivity index (χ2v) is 0. The maximum atomic E-state index is 0. The molecule has 19 heavy (non-hydrogen) atoms. The molecule has 0 aliphatic carbocycles. The predicted octanol–water partition coefficient (Wildman–Crippen LogP) is 0.187. The van der Waals surface area contributed by atoms with E-state index < -0.39 is 0 Å². The van der Waals surface area contributed by atoms with Gasteiger partial charge in [-0.2, -0.15) is 0 Å². The van der Waals surface area contributed by atoms with E-state index in [0.29, 0.717) is 0 Å². The van der Waals surface area contributed by atoms with Crippen molar-refractivity contribution in [3.8, 4) is 0 Å². The quantitative estimate of drug-likeness (QED) is 0.387. The van der Waals surface area contributed by atoms with Crippen LogP contribution in [-0.4, -0.2) is 0 Å². The molecule has 0 amide bonds. The summed E-state index contributed by atoms with van der Waals surface area (Å²) in [5.74, 6) is 0. The SMILES string of the molecule is [N-3].[N-3].[N-3].[N-3].[O-2].[O-2].[O-2].[O-2].[O-2].[O-2].[O-2].[O-2].[Ti+4].[Ti+4].[Ti+4].[Ti+4].[Ti+4].[Ti+4].[Ti+4]. The van der Waals surface area contributed by atoms with E-state index in [1.54, 1.807) is 0 Å². The fourth-order valence-electron chi connectivity index (χ4n) is 0. The van der Waals surface area contributed by atoms with Crippen LogP contribution in [0.4, 0.5) is 0 Å². The molecule has 0 N–H and O–H groups in total. The van der Waals surface area contributed by atoms with Gasteiger partial charge in [0.2, 0.25) is 0 Å². The van der Waals surface area contributed by atoms with Crippen LogP contribution in [0.1, 0.15) is 0 Å². The zero-order valence-corrected chi connectivity index (χ0v) is 19.5. The molecule has 0 aromatic rings. The van der Waals surface area contributed by atoms with E-state index in [9.17, 15) is 0 Å². The molecule has 0 aromatic carbocycles. The van der Waals surface area contributed by atoms with Gasteiger partial charge in [0.05, 0.1) is 0 Å². The monoisotopic (exact) mass is 520 g/mol. The second-order valence-electron chi connectivity index (χ2n) is 0. The molecule has 0 radical (unpaired) electrons. The smallest absolute Gasteiger partial charge is 3.00 e. The van der Waals surface area contributed by atoms with Crippen LogP contribution in [0.2, 0.25) is 0 Å². The van der Waals surface area contributed by atoms with Crippen LogP contribution in [0, 0.1) is 0 Å². The van der Waals surface area contributed by atoms with Crippen molar-refractivity contribution >= 4 is 0 Å². The first-order valence-corrected chi connectivity index (χ1v) is 0. The summed E-state index contributed by atoms with van der Waals surface area (Å²) in [6, 6.07) is 0. The first kappa shape index (κ1) is 584. The normalized spacial score (nSPS) is 0. The molecule has 0 fully saturated rings. The second kappa shape index (κ2) is 510. The van der Waals surface area contributed by atoms with E-state index in [2.05, 4.69) is 0 Å². The van der Waals surface area contributed by atoms with E-state index in [1.807, 2.05) is 0 Å². The molecule has 19 heteroatoms. The Labute approximate surface area is 217 Å². The Hall–Kier alpha value is 4.52. The molecule has 0 aliphatic rings. The van der Waals surface area contributed by atoms with E-state index in [-0.39, 0.29) is 220 Å². The van der Waals surface area contributed by atoms with Crippen LogP contribution in [-0.2, 0) is 196 Å². The minimum absolute atomic E-state index is 0. The first-order valence-electron chi connectivity index (χ1n) is 0. The molecule has 0 bridgehead atoms. The van der Waals surface area contributed by atoms with Gasteiger partial charge in [-0.1, -0.05) is 0 Å². The minimum Gasteiger partial charge on any atom is -3.00 e. The molecular formula is N4O8Ti7. The largest absolute Gasteiger partial charge is 4.00 e. The van der Waals surface area contributed by atoms with Crippen molar-refractivity contribution in [2.45, 2.75) is 0 Å². The Balaban J connectivity index is 0. The van der Waals surface area contributed by atoms with Gasteiger partial charge >= 0.3 is 152 Å². The molecule has 0 saturated heterocycles. The molecule has 0 aromatic heterocycles. The van der Waals surface area contributed by atoms with E-state index in [0.717, 1.165) is 0 Å². The molecule has 0 unspecified atom stereocenters. The summed E-state index contributed by atoms with van der Waals surface area (Å²) in [5, 5.41) is 0. The van der Waals surface area contributed by atoms with Crippen LogP contribution in [0.25, 0.3) is 24.6 Å². The Morgan fingerprint density at radius 3 is 0.158 bits per heavy atom. The summed E-state index contributed by atoms with van der Waals surface area (Å²) in [6.07, 6.45) is 0. The fraction of sp³-hybridized carbons (Fsp3) is 0. The first-order chi connectivity index (χ1) is 0. The molecule has 0 atom stereocenters. The molecule has 0 heterocycles. The van der Waals surface area contributed by atoms with Crippen LogP contribution >= 0.6 is 0 Å². The zero-order valence-electron chi connectivity index (χ0n) is 8.55. The maximum absolute atomic E-state index is 0. The van der Waals surface area contributed by atoms with Crippen molar-refractivity contribution in [2.75, 3.05) is 0 Å².